The van der Waals surface area contributed by atoms with E-state index in [0.717, 1.165) is 11.3 Å². The maximum atomic E-state index is 13.9. The van der Waals surface area contributed by atoms with Crippen LogP contribution in [0.15, 0.2) is 58.9 Å². The number of hydrogen-bond donors (Lipinski definition) is 2. The van der Waals surface area contributed by atoms with Crippen LogP contribution in [-0.2, 0) is 19.1 Å². The first kappa shape index (κ1) is 30.0. The van der Waals surface area contributed by atoms with E-state index in [1.165, 1.54) is 6.07 Å². The summed E-state index contributed by atoms with van der Waals surface area (Å²) in [5, 5.41) is 13.7. The van der Waals surface area contributed by atoms with E-state index in [0.29, 0.717) is 46.9 Å². The Morgan fingerprint density at radius 3 is 2.39 bits per heavy atom. The zero-order valence-electron chi connectivity index (χ0n) is 24.5. The van der Waals surface area contributed by atoms with Gasteiger partial charge in [-0.1, -0.05) is 12.1 Å². The molecular formula is C32H39NO8. The highest BCUT2D eigenvalue weighted by Crippen LogP contribution is 2.47. The fraction of sp³-hybridized carbons (Fsp3) is 0.438. The smallest absolute Gasteiger partial charge is 0.336 e. The number of ketones is 1. The molecule has 0 amide bonds. The fourth-order valence-electron chi connectivity index (χ4n) is 5.46. The van der Waals surface area contributed by atoms with E-state index in [-0.39, 0.29) is 48.9 Å². The van der Waals surface area contributed by atoms with E-state index in [2.05, 4.69) is 5.32 Å². The zero-order valence-corrected chi connectivity index (χ0v) is 24.5. The lowest BCUT2D eigenvalue weighted by Gasteiger charge is -2.37. The number of carbonyl (C=O) groups is 2. The summed E-state index contributed by atoms with van der Waals surface area (Å²) in [5.41, 5.74) is 3.85. The van der Waals surface area contributed by atoms with Crippen molar-refractivity contribution in [1.29, 1.82) is 0 Å². The van der Waals surface area contributed by atoms with Crippen LogP contribution in [0, 0.1) is 0 Å². The minimum Gasteiger partial charge on any atom is -0.504 e. The van der Waals surface area contributed by atoms with Gasteiger partial charge in [0.05, 0.1) is 39.1 Å². The van der Waals surface area contributed by atoms with Gasteiger partial charge in [-0.15, -0.1) is 0 Å². The van der Waals surface area contributed by atoms with Crippen molar-refractivity contribution >= 4 is 11.8 Å². The Labute approximate surface area is 241 Å². The monoisotopic (exact) mass is 565 g/mol. The van der Waals surface area contributed by atoms with Gasteiger partial charge in [0.15, 0.2) is 28.8 Å². The van der Waals surface area contributed by atoms with Crippen LogP contribution in [0.5, 0.6) is 23.0 Å². The molecule has 2 aromatic carbocycles. The molecule has 1 aliphatic heterocycles. The quantitative estimate of drug-likeness (QED) is 0.283. The molecule has 220 valence electrons. The van der Waals surface area contributed by atoms with Crippen molar-refractivity contribution in [2.24, 2.45) is 0 Å². The summed E-state index contributed by atoms with van der Waals surface area (Å²) in [4.78, 5) is 27.4. The Morgan fingerprint density at radius 1 is 1.00 bits per heavy atom. The SMILES string of the molecule is CCOc1cc([C@@H]2C(C(=O)OCCOC(C)C)=C(C)NC3=C2C(=O)C[C@@H](c2ccc(OC)c(OC)c2)C3)ccc1O. The Morgan fingerprint density at radius 2 is 1.71 bits per heavy atom. The summed E-state index contributed by atoms with van der Waals surface area (Å²) in [6.07, 6.45) is 0.830. The number of allylic oxidation sites excluding steroid dienone is 3. The molecule has 4 rings (SSSR count). The van der Waals surface area contributed by atoms with Crippen molar-refractivity contribution < 1.29 is 38.4 Å². The summed E-state index contributed by atoms with van der Waals surface area (Å²) < 4.78 is 27.6. The van der Waals surface area contributed by atoms with E-state index < -0.39 is 11.9 Å². The minimum atomic E-state index is -0.691. The number of phenolic OH excluding ortho intramolecular Hbond substituents is 1. The number of rotatable bonds is 11. The van der Waals surface area contributed by atoms with E-state index in [1.807, 2.05) is 45.9 Å². The van der Waals surface area contributed by atoms with Crippen molar-refractivity contribution in [2.75, 3.05) is 34.0 Å². The molecule has 0 spiro atoms. The molecule has 0 radical (unpaired) electrons. The number of aromatic hydroxyl groups is 1. The summed E-state index contributed by atoms with van der Waals surface area (Å²) >= 11 is 0. The number of Topliss-reactive ketones (excluding diaryl/α,β-unsaturated/α-hetero) is 1. The maximum absolute atomic E-state index is 13.9. The Kier molecular flexibility index (Phi) is 9.60. The van der Waals surface area contributed by atoms with Gasteiger partial charge >= 0.3 is 5.97 Å². The molecule has 0 bridgehead atoms. The van der Waals surface area contributed by atoms with Crippen molar-refractivity contribution in [3.05, 3.63) is 70.1 Å². The number of esters is 1. The number of nitrogens with one attached hydrogen (secondary N) is 1. The van der Waals surface area contributed by atoms with E-state index in [1.54, 1.807) is 26.4 Å². The molecule has 2 aromatic rings. The van der Waals surface area contributed by atoms with Crippen LogP contribution >= 0.6 is 0 Å². The average molecular weight is 566 g/mol. The summed E-state index contributed by atoms with van der Waals surface area (Å²) in [7, 11) is 3.17. The van der Waals surface area contributed by atoms with Gasteiger partial charge in [0.25, 0.3) is 0 Å². The standard InChI is InChI=1S/C32H39NO8/c1-7-39-27-17-21(8-10-24(27)34)30-29(32(36)41-13-12-40-18(2)3)19(4)33-23-14-22(15-25(35)31(23)30)20-9-11-26(37-5)28(16-20)38-6/h8-11,16-18,22,30,33-34H,7,12-15H2,1-6H3/t22-,30+/m0/s1. The lowest BCUT2D eigenvalue weighted by atomic mass is 9.71. The van der Waals surface area contributed by atoms with Gasteiger partial charge in [0, 0.05) is 29.3 Å². The highest BCUT2D eigenvalue weighted by Gasteiger charge is 2.41. The number of carbonyl (C=O) groups excluding carboxylic acids is 2. The predicted octanol–water partition coefficient (Wildman–Crippen LogP) is 5.14. The lowest BCUT2D eigenvalue weighted by Crippen LogP contribution is -2.36. The number of ether oxygens (including phenoxy) is 5. The van der Waals surface area contributed by atoms with Crippen molar-refractivity contribution in [2.45, 2.75) is 58.5 Å². The number of phenols is 1. The van der Waals surface area contributed by atoms with Gasteiger partial charge < -0.3 is 34.1 Å². The van der Waals surface area contributed by atoms with Crippen LogP contribution in [-0.4, -0.2) is 57.0 Å². The largest absolute Gasteiger partial charge is 0.504 e. The molecule has 0 aromatic heterocycles. The molecule has 0 saturated heterocycles. The molecule has 2 aliphatic rings. The lowest BCUT2D eigenvalue weighted by molar-refractivity contribution is -0.141. The molecule has 0 saturated carbocycles. The second-order valence-electron chi connectivity index (χ2n) is 10.3. The third-order valence-corrected chi connectivity index (χ3v) is 7.31. The second kappa shape index (κ2) is 13.1. The zero-order chi connectivity index (χ0) is 29.7. The van der Waals surface area contributed by atoms with Crippen LogP contribution in [0.1, 0.15) is 63.5 Å². The maximum Gasteiger partial charge on any atom is 0.336 e. The van der Waals surface area contributed by atoms with Crippen LogP contribution < -0.4 is 19.5 Å². The van der Waals surface area contributed by atoms with E-state index in [9.17, 15) is 14.7 Å². The molecule has 2 N–H and O–H groups in total. The molecule has 1 aliphatic carbocycles. The first-order valence-electron chi connectivity index (χ1n) is 13.9. The van der Waals surface area contributed by atoms with Crippen LogP contribution in [0.3, 0.4) is 0 Å². The molecule has 0 fully saturated rings. The van der Waals surface area contributed by atoms with Gasteiger partial charge in [0.2, 0.25) is 0 Å². The van der Waals surface area contributed by atoms with E-state index >= 15 is 0 Å². The molecule has 9 nitrogen and oxygen atoms in total. The predicted molar refractivity (Wildman–Crippen MR) is 153 cm³/mol. The Hall–Kier alpha value is -3.98. The first-order valence-corrected chi connectivity index (χ1v) is 13.9. The van der Waals surface area contributed by atoms with Crippen LogP contribution in [0.2, 0.25) is 0 Å². The van der Waals surface area contributed by atoms with Crippen molar-refractivity contribution in [3.8, 4) is 23.0 Å². The van der Waals surface area contributed by atoms with Gasteiger partial charge in [-0.25, -0.2) is 4.79 Å². The van der Waals surface area contributed by atoms with Gasteiger partial charge in [0.1, 0.15) is 6.61 Å². The summed E-state index contributed by atoms with van der Waals surface area (Å²) in [6.45, 7) is 8.16. The normalized spacial score (nSPS) is 18.7. The molecule has 1 heterocycles. The van der Waals surface area contributed by atoms with Gasteiger partial charge in [-0.2, -0.15) is 0 Å². The fourth-order valence-corrected chi connectivity index (χ4v) is 5.46. The molecular weight excluding hydrogens is 526 g/mol. The number of methoxy groups -OCH3 is 2. The Bertz CT molecular complexity index is 1360. The highest BCUT2D eigenvalue weighted by molar-refractivity contribution is 6.04. The van der Waals surface area contributed by atoms with Crippen molar-refractivity contribution in [3.63, 3.8) is 0 Å². The number of benzene rings is 2. The molecule has 41 heavy (non-hydrogen) atoms. The van der Waals surface area contributed by atoms with Crippen molar-refractivity contribution in [1.82, 2.24) is 5.32 Å². The van der Waals surface area contributed by atoms with E-state index in [4.69, 9.17) is 23.7 Å². The van der Waals surface area contributed by atoms with Gasteiger partial charge in [-0.3, -0.25) is 4.79 Å². The molecule has 2 atom stereocenters. The van der Waals surface area contributed by atoms with Crippen LogP contribution in [0.25, 0.3) is 0 Å². The van der Waals surface area contributed by atoms with Crippen LogP contribution in [0.4, 0.5) is 0 Å². The summed E-state index contributed by atoms with van der Waals surface area (Å²) in [6, 6.07) is 10.6. The minimum absolute atomic E-state index is 0.0129. The van der Waals surface area contributed by atoms with Gasteiger partial charge in [-0.05, 0) is 75.4 Å². The molecule has 0 unspecified atom stereocenters. The highest BCUT2D eigenvalue weighted by atomic mass is 16.6. The topological polar surface area (TPSA) is 113 Å². The number of dihydropyridines is 1. The first-order chi connectivity index (χ1) is 19.7. The number of hydrogen-bond acceptors (Lipinski definition) is 9. The second-order valence-corrected chi connectivity index (χ2v) is 10.3. The molecule has 9 heteroatoms. The Balaban J connectivity index is 1.73. The average Bonchev–Trinajstić information content (AvgIpc) is 2.95. The summed E-state index contributed by atoms with van der Waals surface area (Å²) in [5.74, 6) is 0.0982. The third-order valence-electron chi connectivity index (χ3n) is 7.31. The third kappa shape index (κ3) is 6.51.